The minimum absolute atomic E-state index is 0.0568. The van der Waals surface area contributed by atoms with Gasteiger partial charge in [0.15, 0.2) is 0 Å². The Labute approximate surface area is 140 Å². The van der Waals surface area contributed by atoms with Gasteiger partial charge < -0.3 is 26.3 Å². The normalized spacial score (nSPS) is 22.9. The predicted octanol–water partition coefficient (Wildman–Crippen LogP) is 1.17. The van der Waals surface area contributed by atoms with E-state index in [2.05, 4.69) is 5.32 Å². The molecule has 0 radical (unpaired) electrons. The van der Waals surface area contributed by atoms with Crippen LogP contribution in [0.15, 0.2) is 0 Å². The number of nitrogens with two attached hydrogens (primary N) is 2. The number of carbonyl (C=O) groups is 1. The zero-order valence-corrected chi connectivity index (χ0v) is 14.4. The summed E-state index contributed by atoms with van der Waals surface area (Å²) in [6, 6.07) is 0.284. The fourth-order valence-electron chi connectivity index (χ4n) is 2.96. The van der Waals surface area contributed by atoms with Gasteiger partial charge >= 0.3 is 0 Å². The Morgan fingerprint density at radius 2 is 1.70 bits per heavy atom. The molecule has 0 aliphatic heterocycles. The molecule has 1 aliphatic carbocycles. The van der Waals surface area contributed by atoms with Gasteiger partial charge in [-0.15, -0.1) is 0 Å². The standard InChI is InChI=1S/C17H35N3O3/c18-8-10-23-12-11-22-9-7-17(21)20-14-15-5-3-1-2-4-6-16(19)13-15/h15-16H,1-14,18-19H2,(H,20,21). The molecule has 0 heterocycles. The quantitative estimate of drug-likeness (QED) is 0.523. The predicted molar refractivity (Wildman–Crippen MR) is 92.1 cm³/mol. The Balaban J connectivity index is 2.06. The first-order valence-corrected chi connectivity index (χ1v) is 9.10. The molecule has 1 amide bonds. The molecule has 0 aromatic heterocycles. The lowest BCUT2D eigenvalue weighted by molar-refractivity contribution is -0.122. The van der Waals surface area contributed by atoms with Gasteiger partial charge in [-0.1, -0.05) is 25.7 Å². The van der Waals surface area contributed by atoms with Crippen molar-refractivity contribution in [2.45, 2.75) is 57.4 Å². The molecule has 0 aromatic rings. The average Bonchev–Trinajstić information content (AvgIpc) is 2.64. The summed E-state index contributed by atoms with van der Waals surface area (Å²) in [6.07, 6.45) is 8.78. The van der Waals surface area contributed by atoms with E-state index in [1.54, 1.807) is 0 Å². The Bertz CT molecular complexity index is 303. The zero-order valence-electron chi connectivity index (χ0n) is 14.4. The van der Waals surface area contributed by atoms with E-state index in [-0.39, 0.29) is 11.9 Å². The fraction of sp³-hybridized carbons (Fsp3) is 0.941. The van der Waals surface area contributed by atoms with Crippen LogP contribution in [0.25, 0.3) is 0 Å². The summed E-state index contributed by atoms with van der Waals surface area (Å²) >= 11 is 0. The van der Waals surface area contributed by atoms with E-state index in [4.69, 9.17) is 20.9 Å². The topological polar surface area (TPSA) is 99.6 Å². The molecule has 6 nitrogen and oxygen atoms in total. The molecule has 1 aliphatic rings. The van der Waals surface area contributed by atoms with Crippen molar-refractivity contribution < 1.29 is 14.3 Å². The van der Waals surface area contributed by atoms with Crippen LogP contribution in [0.1, 0.15) is 51.4 Å². The van der Waals surface area contributed by atoms with Crippen molar-refractivity contribution in [3.63, 3.8) is 0 Å². The summed E-state index contributed by atoms with van der Waals surface area (Å²) in [7, 11) is 0. The molecule has 5 N–H and O–H groups in total. The summed E-state index contributed by atoms with van der Waals surface area (Å²) in [6.45, 7) is 3.28. The van der Waals surface area contributed by atoms with Crippen LogP contribution in [0.4, 0.5) is 0 Å². The van der Waals surface area contributed by atoms with Gasteiger partial charge in [-0.05, 0) is 25.2 Å². The van der Waals surface area contributed by atoms with Crippen LogP contribution >= 0.6 is 0 Å². The number of carbonyl (C=O) groups excluding carboxylic acids is 1. The molecular weight excluding hydrogens is 294 g/mol. The first kappa shape index (κ1) is 20.4. The monoisotopic (exact) mass is 329 g/mol. The second-order valence-electron chi connectivity index (χ2n) is 6.42. The van der Waals surface area contributed by atoms with Crippen molar-refractivity contribution in [3.8, 4) is 0 Å². The first-order valence-electron chi connectivity index (χ1n) is 9.10. The molecule has 0 bridgehead atoms. The van der Waals surface area contributed by atoms with E-state index in [1.807, 2.05) is 0 Å². The third-order valence-corrected chi connectivity index (χ3v) is 4.27. The minimum Gasteiger partial charge on any atom is -0.379 e. The Morgan fingerprint density at radius 3 is 2.43 bits per heavy atom. The Hall–Kier alpha value is -0.690. The molecular formula is C17H35N3O3. The van der Waals surface area contributed by atoms with Crippen molar-refractivity contribution >= 4 is 5.91 Å². The Morgan fingerprint density at radius 1 is 1.00 bits per heavy atom. The number of amides is 1. The smallest absolute Gasteiger partial charge is 0.222 e. The van der Waals surface area contributed by atoms with E-state index >= 15 is 0 Å². The summed E-state index contributed by atoms with van der Waals surface area (Å²) in [5, 5.41) is 3.03. The maximum Gasteiger partial charge on any atom is 0.222 e. The number of hydrogen-bond donors (Lipinski definition) is 3. The lowest BCUT2D eigenvalue weighted by Crippen LogP contribution is -2.33. The van der Waals surface area contributed by atoms with Crippen molar-refractivity contribution in [3.05, 3.63) is 0 Å². The molecule has 2 atom stereocenters. The number of hydrogen-bond acceptors (Lipinski definition) is 5. The highest BCUT2D eigenvalue weighted by Crippen LogP contribution is 2.20. The number of ether oxygens (including phenoxy) is 2. The molecule has 1 fully saturated rings. The highest BCUT2D eigenvalue weighted by molar-refractivity contribution is 5.75. The van der Waals surface area contributed by atoms with Gasteiger partial charge in [-0.2, -0.15) is 0 Å². The van der Waals surface area contributed by atoms with Crippen LogP contribution < -0.4 is 16.8 Å². The highest BCUT2D eigenvalue weighted by atomic mass is 16.5. The molecule has 6 heteroatoms. The second-order valence-corrected chi connectivity index (χ2v) is 6.42. The van der Waals surface area contributed by atoms with E-state index in [1.165, 1.54) is 32.1 Å². The van der Waals surface area contributed by atoms with Crippen LogP contribution in [-0.4, -0.2) is 51.5 Å². The van der Waals surface area contributed by atoms with E-state index < -0.39 is 0 Å². The lowest BCUT2D eigenvalue weighted by atomic mass is 9.94. The molecule has 136 valence electrons. The summed E-state index contributed by atoms with van der Waals surface area (Å²) < 4.78 is 10.6. The van der Waals surface area contributed by atoms with Gasteiger partial charge in [0, 0.05) is 25.6 Å². The maximum atomic E-state index is 11.9. The fourth-order valence-corrected chi connectivity index (χ4v) is 2.96. The van der Waals surface area contributed by atoms with Gasteiger partial charge in [0.1, 0.15) is 0 Å². The molecule has 0 aromatic carbocycles. The minimum atomic E-state index is 0.0568. The van der Waals surface area contributed by atoms with Gasteiger partial charge in [0.2, 0.25) is 5.91 Å². The third kappa shape index (κ3) is 11.5. The van der Waals surface area contributed by atoms with Crippen LogP contribution in [-0.2, 0) is 14.3 Å². The van der Waals surface area contributed by atoms with Gasteiger partial charge in [0.05, 0.1) is 26.4 Å². The summed E-state index contributed by atoms with van der Waals surface area (Å²) in [5.74, 6) is 0.568. The molecule has 1 rings (SSSR count). The molecule has 0 saturated heterocycles. The zero-order chi connectivity index (χ0) is 16.8. The van der Waals surface area contributed by atoms with Crippen LogP contribution in [0, 0.1) is 5.92 Å². The van der Waals surface area contributed by atoms with Crippen LogP contribution in [0.3, 0.4) is 0 Å². The van der Waals surface area contributed by atoms with E-state index in [0.717, 1.165) is 19.4 Å². The summed E-state index contributed by atoms with van der Waals surface area (Å²) in [5.41, 5.74) is 11.5. The largest absolute Gasteiger partial charge is 0.379 e. The molecule has 2 unspecified atom stereocenters. The third-order valence-electron chi connectivity index (χ3n) is 4.27. The van der Waals surface area contributed by atoms with Crippen molar-refractivity contribution in [1.29, 1.82) is 0 Å². The Kier molecular flexibility index (Phi) is 12.1. The van der Waals surface area contributed by atoms with Gasteiger partial charge in [0.25, 0.3) is 0 Å². The highest BCUT2D eigenvalue weighted by Gasteiger charge is 2.16. The van der Waals surface area contributed by atoms with Crippen molar-refractivity contribution in [2.75, 3.05) is 39.5 Å². The van der Waals surface area contributed by atoms with Crippen molar-refractivity contribution in [1.82, 2.24) is 5.32 Å². The van der Waals surface area contributed by atoms with E-state index in [9.17, 15) is 4.79 Å². The lowest BCUT2D eigenvalue weighted by Gasteiger charge is -2.20. The van der Waals surface area contributed by atoms with Gasteiger partial charge in [-0.3, -0.25) is 4.79 Å². The van der Waals surface area contributed by atoms with Crippen LogP contribution in [0.5, 0.6) is 0 Å². The maximum absolute atomic E-state index is 11.9. The summed E-state index contributed by atoms with van der Waals surface area (Å²) in [4.78, 5) is 11.9. The second kappa shape index (κ2) is 13.7. The average molecular weight is 329 g/mol. The van der Waals surface area contributed by atoms with E-state index in [0.29, 0.717) is 45.3 Å². The SMILES string of the molecule is NCCOCCOCCC(=O)NCC1CCCCCCC(N)C1. The van der Waals surface area contributed by atoms with Crippen molar-refractivity contribution in [2.24, 2.45) is 17.4 Å². The molecule has 1 saturated carbocycles. The number of rotatable bonds is 10. The first-order chi connectivity index (χ1) is 11.2. The number of nitrogens with one attached hydrogen (secondary N) is 1. The molecule has 23 heavy (non-hydrogen) atoms. The van der Waals surface area contributed by atoms with Gasteiger partial charge in [-0.25, -0.2) is 0 Å². The molecule has 0 spiro atoms. The van der Waals surface area contributed by atoms with Crippen LogP contribution in [0.2, 0.25) is 0 Å².